The van der Waals surface area contributed by atoms with Crippen LogP contribution in [0.15, 0.2) is 30.3 Å². The van der Waals surface area contributed by atoms with E-state index in [1.165, 1.54) is 0 Å². The fraction of sp³-hybridized carbons (Fsp3) is 0.455. The van der Waals surface area contributed by atoms with E-state index in [9.17, 15) is 0 Å². The Morgan fingerprint density at radius 1 is 1.12 bits per heavy atom. The molecule has 6 heteroatoms. The number of aliphatic hydroxyl groups is 2. The van der Waals surface area contributed by atoms with Gasteiger partial charge in [0.1, 0.15) is 0 Å². The molecule has 0 fully saturated rings. The summed E-state index contributed by atoms with van der Waals surface area (Å²) in [7, 11) is 2.52. The van der Waals surface area contributed by atoms with Crippen LogP contribution in [-0.2, 0) is 0 Å². The van der Waals surface area contributed by atoms with Crippen molar-refractivity contribution in [2.75, 3.05) is 33.4 Å². The first kappa shape index (κ1) is 15.9. The third-order valence-corrected chi connectivity index (χ3v) is 1.90. The lowest BCUT2D eigenvalue weighted by atomic mass is 10.3. The zero-order valence-electron chi connectivity index (χ0n) is 9.99. The number of aliphatic hydroxyl groups excluding tert-OH is 2. The highest BCUT2D eigenvalue weighted by atomic mass is 16.5. The minimum atomic E-state index is 0.163. The Kier molecular flexibility index (Phi) is 10.7. The normalized spacial score (nSPS) is 9.47. The first-order valence-corrected chi connectivity index (χ1v) is 5.32. The van der Waals surface area contributed by atoms with Gasteiger partial charge in [0.15, 0.2) is 0 Å². The largest absolute Gasteiger partial charge is 0.569 e. The number of nitrogens with zero attached hydrogens (tertiary/aromatic N) is 1. The number of benzene rings is 1. The highest BCUT2D eigenvalue weighted by molar-refractivity contribution is 6.17. The molecule has 0 saturated carbocycles. The Balaban J connectivity index is 0.000000304. The van der Waals surface area contributed by atoms with E-state index < -0.39 is 0 Å². The molecule has 0 aliphatic carbocycles. The lowest BCUT2D eigenvalue weighted by Crippen LogP contribution is -2.25. The predicted octanol–water partition coefficient (Wildman–Crippen LogP) is -0.505. The van der Waals surface area contributed by atoms with Crippen LogP contribution in [-0.4, -0.2) is 61.2 Å². The van der Waals surface area contributed by atoms with Gasteiger partial charge in [-0.15, -0.1) is 0 Å². The van der Waals surface area contributed by atoms with Crippen molar-refractivity contribution in [3.8, 4) is 5.75 Å². The molecule has 5 nitrogen and oxygen atoms in total. The van der Waals surface area contributed by atoms with Crippen LogP contribution in [0.3, 0.4) is 0 Å². The van der Waals surface area contributed by atoms with Crippen molar-refractivity contribution < 1.29 is 19.9 Å². The Morgan fingerprint density at radius 3 is 2.06 bits per heavy atom. The molecule has 0 aromatic heterocycles. The topological polar surface area (TPSA) is 73.2 Å². The van der Waals surface area contributed by atoms with Crippen LogP contribution in [0.25, 0.3) is 0 Å². The monoisotopic (exact) mass is 240 g/mol. The van der Waals surface area contributed by atoms with Gasteiger partial charge in [-0.2, -0.15) is 0 Å². The fourth-order valence-electron chi connectivity index (χ4n) is 1.01. The third-order valence-electron chi connectivity index (χ3n) is 1.90. The summed E-state index contributed by atoms with van der Waals surface area (Å²) < 4.78 is 4.64. The molecule has 0 spiro atoms. The van der Waals surface area contributed by atoms with E-state index in [1.54, 1.807) is 12.1 Å². The van der Waals surface area contributed by atoms with Crippen molar-refractivity contribution in [3.05, 3.63) is 30.3 Å². The van der Waals surface area contributed by atoms with Crippen LogP contribution >= 0.6 is 0 Å². The third kappa shape index (κ3) is 9.83. The quantitative estimate of drug-likeness (QED) is 0.584. The summed E-state index contributed by atoms with van der Waals surface area (Å²) in [5.74, 6) is 0.639. The molecule has 0 amide bonds. The molecular weight excluding hydrogens is 221 g/mol. The van der Waals surface area contributed by atoms with Gasteiger partial charge in [-0.25, -0.2) is 0 Å². The molecule has 1 aromatic rings. The molecule has 17 heavy (non-hydrogen) atoms. The molecular formula is C11H19BNO4. The van der Waals surface area contributed by atoms with E-state index in [4.69, 9.17) is 15.2 Å². The summed E-state index contributed by atoms with van der Waals surface area (Å²) in [5, 5.41) is 24.9. The summed E-state index contributed by atoms with van der Waals surface area (Å²) >= 11 is 0. The molecule has 1 rings (SSSR count). The van der Waals surface area contributed by atoms with E-state index >= 15 is 0 Å². The second-order valence-electron chi connectivity index (χ2n) is 3.29. The Hall–Kier alpha value is -1.08. The smallest absolute Gasteiger partial charge is 0.537 e. The van der Waals surface area contributed by atoms with Gasteiger partial charge in [-0.1, -0.05) is 18.2 Å². The van der Waals surface area contributed by atoms with Crippen LogP contribution in [0, 0.1) is 0 Å². The zero-order valence-corrected chi connectivity index (χ0v) is 9.99. The Bertz CT molecular complexity index is 255. The minimum absolute atomic E-state index is 0.163. The number of rotatable bonds is 6. The molecule has 1 aromatic carbocycles. The fourth-order valence-corrected chi connectivity index (χ4v) is 1.01. The van der Waals surface area contributed by atoms with Gasteiger partial charge in [0, 0.05) is 13.1 Å². The molecule has 0 bridgehead atoms. The maximum Gasteiger partial charge on any atom is 0.569 e. The lowest BCUT2D eigenvalue weighted by Gasteiger charge is -2.11. The zero-order chi connectivity index (χ0) is 12.9. The molecule has 0 unspecified atom stereocenters. The highest BCUT2D eigenvalue weighted by Gasteiger charge is 1.91. The number of likely N-dealkylation sites (N-methyl/N-ethyl adjacent to an activating group) is 1. The van der Waals surface area contributed by atoms with Gasteiger partial charge < -0.3 is 24.8 Å². The van der Waals surface area contributed by atoms with Crippen molar-refractivity contribution in [2.45, 2.75) is 0 Å². The van der Waals surface area contributed by atoms with Crippen LogP contribution in [0.5, 0.6) is 5.75 Å². The van der Waals surface area contributed by atoms with Gasteiger partial charge in [0.25, 0.3) is 0 Å². The van der Waals surface area contributed by atoms with E-state index in [1.807, 2.05) is 30.1 Å². The number of hydrogen-bond acceptors (Lipinski definition) is 5. The SMILES string of the molecule is CN(CCO)CCO.O[B]Oc1ccccc1. The van der Waals surface area contributed by atoms with E-state index in [-0.39, 0.29) is 13.2 Å². The molecule has 0 aliphatic heterocycles. The summed E-state index contributed by atoms with van der Waals surface area (Å²) in [4.78, 5) is 1.86. The van der Waals surface area contributed by atoms with Crippen LogP contribution in [0.4, 0.5) is 0 Å². The van der Waals surface area contributed by atoms with Crippen LogP contribution in [0.2, 0.25) is 0 Å². The maximum absolute atomic E-state index is 8.34. The second-order valence-corrected chi connectivity index (χ2v) is 3.29. The summed E-state index contributed by atoms with van der Waals surface area (Å²) in [6, 6.07) is 9.06. The average Bonchev–Trinajstić information content (AvgIpc) is 2.32. The van der Waals surface area contributed by atoms with Crippen molar-refractivity contribution >= 4 is 7.69 Å². The predicted molar refractivity (Wildman–Crippen MR) is 66.7 cm³/mol. The minimum Gasteiger partial charge on any atom is -0.537 e. The van der Waals surface area contributed by atoms with Gasteiger partial charge >= 0.3 is 7.69 Å². The highest BCUT2D eigenvalue weighted by Crippen LogP contribution is 2.06. The first-order valence-electron chi connectivity index (χ1n) is 5.32. The number of para-hydroxylation sites is 1. The standard InChI is InChI=1S/C6H6BO2.C5H13NO2/c8-7-9-6-4-2-1-3-5-6;1-6(2-4-7)3-5-8/h1-5,8H;7-8H,2-5H2,1H3. The number of hydrogen-bond donors (Lipinski definition) is 3. The second kappa shape index (κ2) is 11.4. The van der Waals surface area contributed by atoms with Gasteiger partial charge in [0.05, 0.1) is 19.0 Å². The Morgan fingerprint density at radius 2 is 1.65 bits per heavy atom. The Labute approximate surface area is 103 Å². The van der Waals surface area contributed by atoms with Crippen molar-refractivity contribution in [1.29, 1.82) is 0 Å². The van der Waals surface area contributed by atoms with E-state index in [2.05, 4.69) is 4.65 Å². The molecule has 1 radical (unpaired) electrons. The molecule has 0 saturated heterocycles. The molecule has 0 atom stereocenters. The summed E-state index contributed by atoms with van der Waals surface area (Å²) in [6.07, 6.45) is 0. The van der Waals surface area contributed by atoms with Crippen molar-refractivity contribution in [1.82, 2.24) is 4.90 Å². The van der Waals surface area contributed by atoms with Gasteiger partial charge in [0.2, 0.25) is 0 Å². The average molecular weight is 240 g/mol. The lowest BCUT2D eigenvalue weighted by molar-refractivity contribution is 0.184. The summed E-state index contributed by atoms with van der Waals surface area (Å²) in [5.41, 5.74) is 0. The van der Waals surface area contributed by atoms with E-state index in [0.29, 0.717) is 26.5 Å². The van der Waals surface area contributed by atoms with Crippen molar-refractivity contribution in [3.63, 3.8) is 0 Å². The maximum atomic E-state index is 8.34. The summed E-state index contributed by atoms with van der Waals surface area (Å²) in [6.45, 7) is 1.61. The van der Waals surface area contributed by atoms with Gasteiger partial charge in [-0.3, -0.25) is 0 Å². The van der Waals surface area contributed by atoms with E-state index in [0.717, 1.165) is 0 Å². The molecule has 0 heterocycles. The molecule has 0 aliphatic rings. The van der Waals surface area contributed by atoms with Crippen LogP contribution < -0.4 is 4.65 Å². The molecule has 3 N–H and O–H groups in total. The molecule has 95 valence electrons. The van der Waals surface area contributed by atoms with Crippen LogP contribution in [0.1, 0.15) is 0 Å². The van der Waals surface area contributed by atoms with Crippen molar-refractivity contribution in [2.24, 2.45) is 0 Å². The first-order chi connectivity index (χ1) is 8.24. The van der Waals surface area contributed by atoms with Gasteiger partial charge in [-0.05, 0) is 19.2 Å².